The van der Waals surface area contributed by atoms with Crippen molar-refractivity contribution in [2.24, 2.45) is 0 Å². The van der Waals surface area contributed by atoms with Crippen molar-refractivity contribution in [2.45, 2.75) is 13.8 Å². The van der Waals surface area contributed by atoms with Crippen molar-refractivity contribution in [2.75, 3.05) is 25.5 Å². The number of aryl methyl sites for hydroxylation is 1. The van der Waals surface area contributed by atoms with Gasteiger partial charge in [-0.3, -0.25) is 4.79 Å². The number of carbonyl (C=O) groups is 3. The molecule has 128 valence electrons. The molecule has 0 aliphatic carbocycles. The van der Waals surface area contributed by atoms with Gasteiger partial charge in [0.25, 0.3) is 0 Å². The standard InChI is InChI=1S/C17H19NO5S/c1-3-22-16(20)10-15-18(14(19)11-24-15)7-8-23-17(21)13-6-4-5-12(2)9-13/h4-6,9-10H,3,7-8,11H2,1-2H3/b15-10-. The Morgan fingerprint density at radius 2 is 2.12 bits per heavy atom. The Balaban J connectivity index is 1.91. The zero-order valence-electron chi connectivity index (χ0n) is 13.6. The predicted octanol–water partition coefficient (Wildman–Crippen LogP) is 2.13. The molecule has 2 rings (SSSR count). The van der Waals surface area contributed by atoms with Crippen LogP contribution in [-0.4, -0.2) is 48.3 Å². The summed E-state index contributed by atoms with van der Waals surface area (Å²) < 4.78 is 10.1. The molecule has 0 bridgehead atoms. The largest absolute Gasteiger partial charge is 0.463 e. The monoisotopic (exact) mass is 349 g/mol. The summed E-state index contributed by atoms with van der Waals surface area (Å²) in [7, 11) is 0. The lowest BCUT2D eigenvalue weighted by Crippen LogP contribution is -2.29. The molecule has 1 heterocycles. The maximum absolute atomic E-state index is 12.0. The van der Waals surface area contributed by atoms with Crippen molar-refractivity contribution in [3.8, 4) is 0 Å². The quantitative estimate of drug-likeness (QED) is 0.579. The molecule has 0 aromatic heterocycles. The molecule has 7 heteroatoms. The maximum Gasteiger partial charge on any atom is 0.338 e. The van der Waals surface area contributed by atoms with Gasteiger partial charge in [0.05, 0.1) is 35.6 Å². The van der Waals surface area contributed by atoms with Gasteiger partial charge in [-0.2, -0.15) is 0 Å². The topological polar surface area (TPSA) is 72.9 Å². The SMILES string of the molecule is CCOC(=O)/C=C1\SCC(=O)N1CCOC(=O)c1cccc(C)c1. The molecule has 1 fully saturated rings. The first-order valence-corrected chi connectivity index (χ1v) is 8.55. The molecular formula is C17H19NO5S. The summed E-state index contributed by atoms with van der Waals surface area (Å²) in [5.74, 6) is -0.788. The minimum absolute atomic E-state index is 0.0548. The smallest absolute Gasteiger partial charge is 0.338 e. The highest BCUT2D eigenvalue weighted by Crippen LogP contribution is 2.28. The second kappa shape index (κ2) is 8.54. The van der Waals surface area contributed by atoms with Gasteiger partial charge in [0.1, 0.15) is 6.61 Å². The molecule has 0 atom stereocenters. The van der Waals surface area contributed by atoms with Gasteiger partial charge < -0.3 is 14.4 Å². The summed E-state index contributed by atoms with van der Waals surface area (Å²) in [6.45, 7) is 4.14. The molecule has 0 N–H and O–H groups in total. The fourth-order valence-electron chi connectivity index (χ4n) is 2.14. The Labute approximate surface area is 144 Å². The molecular weight excluding hydrogens is 330 g/mol. The lowest BCUT2D eigenvalue weighted by atomic mass is 10.1. The number of amides is 1. The molecule has 1 amide bonds. The van der Waals surface area contributed by atoms with Gasteiger partial charge in [-0.15, -0.1) is 0 Å². The average Bonchev–Trinajstić information content (AvgIpc) is 2.88. The molecule has 1 aliphatic heterocycles. The summed E-state index contributed by atoms with van der Waals surface area (Å²) in [5.41, 5.74) is 1.44. The Hall–Kier alpha value is -2.28. The van der Waals surface area contributed by atoms with Crippen LogP contribution in [0, 0.1) is 6.92 Å². The van der Waals surface area contributed by atoms with E-state index in [0.29, 0.717) is 10.6 Å². The van der Waals surface area contributed by atoms with E-state index in [4.69, 9.17) is 9.47 Å². The highest BCUT2D eigenvalue weighted by atomic mass is 32.2. The van der Waals surface area contributed by atoms with Gasteiger partial charge in [0.2, 0.25) is 5.91 Å². The van der Waals surface area contributed by atoms with Crippen molar-refractivity contribution in [3.05, 3.63) is 46.5 Å². The third-order valence-corrected chi connectivity index (χ3v) is 4.27. The molecule has 0 radical (unpaired) electrons. The van der Waals surface area contributed by atoms with Gasteiger partial charge in [-0.25, -0.2) is 9.59 Å². The molecule has 1 saturated heterocycles. The predicted molar refractivity (Wildman–Crippen MR) is 90.3 cm³/mol. The highest BCUT2D eigenvalue weighted by Gasteiger charge is 2.27. The molecule has 0 spiro atoms. The van der Waals surface area contributed by atoms with Crippen LogP contribution in [0.1, 0.15) is 22.8 Å². The second-order valence-corrected chi connectivity index (χ2v) is 6.07. The third-order valence-electron chi connectivity index (χ3n) is 3.24. The number of esters is 2. The van der Waals surface area contributed by atoms with Crippen LogP contribution >= 0.6 is 11.8 Å². The summed E-state index contributed by atoms with van der Waals surface area (Å²) in [6, 6.07) is 7.10. The number of rotatable bonds is 6. The minimum Gasteiger partial charge on any atom is -0.463 e. The summed E-state index contributed by atoms with van der Waals surface area (Å²) in [5, 5.41) is 0.519. The lowest BCUT2D eigenvalue weighted by molar-refractivity contribution is -0.137. The molecule has 1 aromatic rings. The normalized spacial score (nSPS) is 15.7. The average molecular weight is 349 g/mol. The summed E-state index contributed by atoms with van der Waals surface area (Å²) >= 11 is 1.27. The van der Waals surface area contributed by atoms with E-state index in [-0.39, 0.29) is 31.4 Å². The number of thioether (sulfide) groups is 1. The van der Waals surface area contributed by atoms with E-state index in [9.17, 15) is 14.4 Å². The van der Waals surface area contributed by atoms with Crippen LogP contribution in [0.25, 0.3) is 0 Å². The van der Waals surface area contributed by atoms with Crippen LogP contribution in [0.5, 0.6) is 0 Å². The van der Waals surface area contributed by atoms with Crippen molar-refractivity contribution in [3.63, 3.8) is 0 Å². The van der Waals surface area contributed by atoms with Crippen LogP contribution in [0.2, 0.25) is 0 Å². The lowest BCUT2D eigenvalue weighted by Gasteiger charge is -2.16. The molecule has 6 nitrogen and oxygen atoms in total. The summed E-state index contributed by atoms with van der Waals surface area (Å²) in [6.07, 6.45) is 1.29. The van der Waals surface area contributed by atoms with E-state index in [2.05, 4.69) is 0 Å². The van der Waals surface area contributed by atoms with Crippen LogP contribution in [0.3, 0.4) is 0 Å². The molecule has 1 aliphatic rings. The number of benzene rings is 1. The molecule has 0 saturated carbocycles. The minimum atomic E-state index is -0.489. The highest BCUT2D eigenvalue weighted by molar-refractivity contribution is 8.04. The Bertz CT molecular complexity index is 671. The third kappa shape index (κ3) is 4.86. The zero-order valence-corrected chi connectivity index (χ0v) is 14.4. The van der Waals surface area contributed by atoms with Crippen LogP contribution < -0.4 is 0 Å². The Kier molecular flexibility index (Phi) is 6.43. The first-order valence-electron chi connectivity index (χ1n) is 7.56. The van der Waals surface area contributed by atoms with E-state index in [1.54, 1.807) is 25.1 Å². The van der Waals surface area contributed by atoms with Gasteiger partial charge in [0, 0.05) is 0 Å². The van der Waals surface area contributed by atoms with E-state index in [0.717, 1.165) is 5.56 Å². The van der Waals surface area contributed by atoms with Gasteiger partial charge in [0.15, 0.2) is 0 Å². The Morgan fingerprint density at radius 3 is 2.83 bits per heavy atom. The van der Waals surface area contributed by atoms with Gasteiger partial charge in [-0.1, -0.05) is 29.5 Å². The summed E-state index contributed by atoms with van der Waals surface area (Å²) in [4.78, 5) is 36.8. The first-order chi connectivity index (χ1) is 11.5. The van der Waals surface area contributed by atoms with Gasteiger partial charge >= 0.3 is 11.9 Å². The van der Waals surface area contributed by atoms with Crippen LogP contribution in [0.4, 0.5) is 0 Å². The number of ether oxygens (including phenoxy) is 2. The van der Waals surface area contributed by atoms with E-state index >= 15 is 0 Å². The maximum atomic E-state index is 12.0. The fraction of sp³-hybridized carbons (Fsp3) is 0.353. The molecule has 1 aromatic carbocycles. The van der Waals surface area contributed by atoms with Gasteiger partial charge in [-0.05, 0) is 26.0 Å². The molecule has 0 unspecified atom stereocenters. The van der Waals surface area contributed by atoms with E-state index in [1.807, 2.05) is 13.0 Å². The van der Waals surface area contributed by atoms with E-state index in [1.165, 1.54) is 22.7 Å². The van der Waals surface area contributed by atoms with Crippen molar-refractivity contribution in [1.82, 2.24) is 4.90 Å². The first kappa shape index (κ1) is 18.1. The van der Waals surface area contributed by atoms with Crippen molar-refractivity contribution < 1.29 is 23.9 Å². The Morgan fingerprint density at radius 1 is 1.33 bits per heavy atom. The van der Waals surface area contributed by atoms with Crippen molar-refractivity contribution >= 4 is 29.6 Å². The van der Waals surface area contributed by atoms with Crippen molar-refractivity contribution in [1.29, 1.82) is 0 Å². The number of hydrogen-bond acceptors (Lipinski definition) is 6. The van der Waals surface area contributed by atoms with Crippen LogP contribution in [-0.2, 0) is 19.1 Å². The number of nitrogens with zero attached hydrogens (tertiary/aromatic N) is 1. The fourth-order valence-corrected chi connectivity index (χ4v) is 3.09. The van der Waals surface area contributed by atoms with E-state index < -0.39 is 11.9 Å². The van der Waals surface area contributed by atoms with Crippen LogP contribution in [0.15, 0.2) is 35.4 Å². The number of carbonyl (C=O) groups excluding carboxylic acids is 3. The zero-order chi connectivity index (χ0) is 17.5. The number of hydrogen-bond donors (Lipinski definition) is 0. The second-order valence-electron chi connectivity index (χ2n) is 5.07. The molecule has 24 heavy (non-hydrogen) atoms.